The lowest BCUT2D eigenvalue weighted by Crippen LogP contribution is -2.01. The van der Waals surface area contributed by atoms with Crippen molar-refractivity contribution in [1.82, 2.24) is 15.0 Å². The van der Waals surface area contributed by atoms with Crippen molar-refractivity contribution in [3.63, 3.8) is 0 Å². The zero-order valence-corrected chi connectivity index (χ0v) is 16.1. The van der Waals surface area contributed by atoms with Crippen LogP contribution < -0.4 is 16.0 Å². The number of pyridine rings is 1. The Morgan fingerprint density at radius 2 is 1.34 bits per heavy atom. The van der Waals surface area contributed by atoms with E-state index in [-0.39, 0.29) is 0 Å². The summed E-state index contributed by atoms with van der Waals surface area (Å²) in [5.74, 6) is 2.89. The Kier molecular flexibility index (Phi) is 5.62. The van der Waals surface area contributed by atoms with E-state index < -0.39 is 0 Å². The first-order valence-corrected chi connectivity index (χ1v) is 9.42. The maximum absolute atomic E-state index is 4.44. The molecular weight excluding hydrogens is 360 g/mol. The number of hydrogen-bond donors (Lipinski definition) is 3. The molecule has 0 atom stereocenters. The molecule has 144 valence electrons. The summed E-state index contributed by atoms with van der Waals surface area (Å²) in [6.07, 6.45) is 2.44. The van der Waals surface area contributed by atoms with Gasteiger partial charge in [-0.05, 0) is 41.8 Å². The van der Waals surface area contributed by atoms with Crippen LogP contribution in [0.15, 0.2) is 85.2 Å². The van der Waals surface area contributed by atoms with Gasteiger partial charge >= 0.3 is 0 Å². The lowest BCUT2D eigenvalue weighted by atomic mass is 10.0. The Hall–Kier alpha value is -3.93. The monoisotopic (exact) mass is 382 g/mol. The summed E-state index contributed by atoms with van der Waals surface area (Å²) in [6, 6.07) is 26.4. The number of nitrogens with one attached hydrogen (secondary N) is 3. The maximum atomic E-state index is 4.44. The molecule has 0 saturated heterocycles. The fourth-order valence-electron chi connectivity index (χ4n) is 2.95. The molecule has 0 amide bonds. The van der Waals surface area contributed by atoms with Gasteiger partial charge in [0.1, 0.15) is 29.6 Å². The van der Waals surface area contributed by atoms with E-state index in [0.717, 1.165) is 17.9 Å². The fraction of sp³-hybridized carbons (Fsp3) is 0.0870. The van der Waals surface area contributed by atoms with Gasteiger partial charge in [-0.15, -0.1) is 0 Å². The Morgan fingerprint density at radius 3 is 2.10 bits per heavy atom. The predicted octanol–water partition coefficient (Wildman–Crippen LogP) is 4.99. The first kappa shape index (κ1) is 18.4. The lowest BCUT2D eigenvalue weighted by Gasteiger charge is -2.10. The van der Waals surface area contributed by atoms with Crippen LogP contribution in [0.3, 0.4) is 0 Å². The standard InChI is InChI=1S/C23H22N6/c1-24-20-8-5-9-21(28-20)29-23-15-22(25-16-26-23)27-19-12-10-18(11-13-19)14-17-6-3-2-4-7-17/h2-13,15-16H,14H2,1H3,(H3,24,25,26,27,28,29). The van der Waals surface area contributed by atoms with E-state index in [9.17, 15) is 0 Å². The molecule has 0 bridgehead atoms. The van der Waals surface area contributed by atoms with Crippen LogP contribution in [0, 0.1) is 0 Å². The van der Waals surface area contributed by atoms with Crippen molar-refractivity contribution in [3.8, 4) is 0 Å². The highest BCUT2D eigenvalue weighted by molar-refractivity contribution is 5.62. The van der Waals surface area contributed by atoms with Gasteiger partial charge in [0, 0.05) is 18.8 Å². The van der Waals surface area contributed by atoms with Crippen LogP contribution in [-0.4, -0.2) is 22.0 Å². The molecule has 0 radical (unpaired) electrons. The first-order valence-electron chi connectivity index (χ1n) is 9.42. The van der Waals surface area contributed by atoms with Gasteiger partial charge in [-0.3, -0.25) is 0 Å². The van der Waals surface area contributed by atoms with Crippen LogP contribution in [0.1, 0.15) is 11.1 Å². The van der Waals surface area contributed by atoms with E-state index >= 15 is 0 Å². The summed E-state index contributed by atoms with van der Waals surface area (Å²) in [6.45, 7) is 0. The number of aromatic nitrogens is 3. The number of nitrogens with zero attached hydrogens (tertiary/aromatic N) is 3. The Labute approximate surface area is 170 Å². The van der Waals surface area contributed by atoms with Crippen LogP contribution in [0.5, 0.6) is 0 Å². The first-order chi connectivity index (χ1) is 14.3. The van der Waals surface area contributed by atoms with E-state index in [4.69, 9.17) is 0 Å². The largest absolute Gasteiger partial charge is 0.373 e. The summed E-state index contributed by atoms with van der Waals surface area (Å²) >= 11 is 0. The molecule has 0 aliphatic heterocycles. The SMILES string of the molecule is CNc1cccc(Nc2cc(Nc3ccc(Cc4ccccc4)cc3)ncn2)n1. The third-order valence-electron chi connectivity index (χ3n) is 4.41. The van der Waals surface area contributed by atoms with Crippen molar-refractivity contribution >= 4 is 29.0 Å². The average Bonchev–Trinajstić information content (AvgIpc) is 2.76. The lowest BCUT2D eigenvalue weighted by molar-refractivity contribution is 1.15. The highest BCUT2D eigenvalue weighted by Crippen LogP contribution is 2.20. The van der Waals surface area contributed by atoms with Gasteiger partial charge in [-0.1, -0.05) is 48.5 Å². The number of hydrogen-bond acceptors (Lipinski definition) is 6. The second kappa shape index (κ2) is 8.84. The normalized spacial score (nSPS) is 10.4. The molecule has 0 spiro atoms. The third-order valence-corrected chi connectivity index (χ3v) is 4.41. The quantitative estimate of drug-likeness (QED) is 0.418. The van der Waals surface area contributed by atoms with Gasteiger partial charge in [-0.2, -0.15) is 0 Å². The van der Waals surface area contributed by atoms with E-state index in [2.05, 4.69) is 79.4 Å². The van der Waals surface area contributed by atoms with Crippen LogP contribution in [0.4, 0.5) is 29.0 Å². The van der Waals surface area contributed by atoms with Gasteiger partial charge in [0.05, 0.1) is 0 Å². The van der Waals surface area contributed by atoms with Crippen LogP contribution >= 0.6 is 0 Å². The summed E-state index contributed by atoms with van der Waals surface area (Å²) in [4.78, 5) is 13.0. The van der Waals surface area contributed by atoms with E-state index in [0.29, 0.717) is 17.5 Å². The molecule has 0 unspecified atom stereocenters. The molecule has 6 heteroatoms. The minimum atomic E-state index is 0.670. The molecule has 2 aromatic carbocycles. The van der Waals surface area contributed by atoms with E-state index in [1.807, 2.05) is 37.4 Å². The second-order valence-electron chi connectivity index (χ2n) is 6.56. The van der Waals surface area contributed by atoms with Crippen molar-refractivity contribution in [2.24, 2.45) is 0 Å². The maximum Gasteiger partial charge on any atom is 0.137 e. The van der Waals surface area contributed by atoms with Crippen molar-refractivity contribution in [2.75, 3.05) is 23.0 Å². The highest BCUT2D eigenvalue weighted by atomic mass is 15.1. The van der Waals surface area contributed by atoms with E-state index in [1.54, 1.807) is 0 Å². The topological polar surface area (TPSA) is 74.8 Å². The summed E-state index contributed by atoms with van der Waals surface area (Å²) in [7, 11) is 1.84. The van der Waals surface area contributed by atoms with Crippen LogP contribution in [0.25, 0.3) is 0 Å². The molecular formula is C23H22N6. The molecule has 2 heterocycles. The molecule has 0 aliphatic rings. The van der Waals surface area contributed by atoms with Gasteiger partial charge in [0.15, 0.2) is 0 Å². The fourth-order valence-corrected chi connectivity index (χ4v) is 2.95. The Balaban J connectivity index is 1.42. The van der Waals surface area contributed by atoms with Gasteiger partial charge < -0.3 is 16.0 Å². The van der Waals surface area contributed by atoms with E-state index in [1.165, 1.54) is 17.5 Å². The molecule has 0 saturated carbocycles. The van der Waals surface area contributed by atoms with Crippen molar-refractivity contribution < 1.29 is 0 Å². The summed E-state index contributed by atoms with van der Waals surface area (Å²) < 4.78 is 0. The molecule has 6 nitrogen and oxygen atoms in total. The zero-order valence-electron chi connectivity index (χ0n) is 16.1. The van der Waals surface area contributed by atoms with Crippen LogP contribution in [0.2, 0.25) is 0 Å². The van der Waals surface area contributed by atoms with Crippen LogP contribution in [-0.2, 0) is 6.42 Å². The second-order valence-corrected chi connectivity index (χ2v) is 6.56. The molecule has 0 aliphatic carbocycles. The molecule has 4 aromatic rings. The van der Waals surface area contributed by atoms with Gasteiger partial charge in [0.2, 0.25) is 0 Å². The smallest absolute Gasteiger partial charge is 0.137 e. The van der Waals surface area contributed by atoms with Crippen molar-refractivity contribution in [3.05, 3.63) is 96.3 Å². The minimum absolute atomic E-state index is 0.670. The van der Waals surface area contributed by atoms with Crippen molar-refractivity contribution in [2.45, 2.75) is 6.42 Å². The highest BCUT2D eigenvalue weighted by Gasteiger charge is 2.03. The molecule has 29 heavy (non-hydrogen) atoms. The Morgan fingerprint density at radius 1 is 0.655 bits per heavy atom. The zero-order chi connectivity index (χ0) is 19.9. The summed E-state index contributed by atoms with van der Waals surface area (Å²) in [5.41, 5.74) is 3.54. The number of rotatable bonds is 7. The van der Waals surface area contributed by atoms with Gasteiger partial charge in [-0.25, -0.2) is 15.0 Å². The molecule has 2 aromatic heterocycles. The van der Waals surface area contributed by atoms with Crippen molar-refractivity contribution in [1.29, 1.82) is 0 Å². The molecule has 0 fully saturated rings. The molecule has 3 N–H and O–H groups in total. The third kappa shape index (κ3) is 5.07. The number of anilines is 5. The summed E-state index contributed by atoms with van der Waals surface area (Å²) in [5, 5.41) is 9.54. The van der Waals surface area contributed by atoms with Gasteiger partial charge in [0.25, 0.3) is 0 Å². The predicted molar refractivity (Wildman–Crippen MR) is 118 cm³/mol. The molecule has 4 rings (SSSR count). The average molecular weight is 382 g/mol. The Bertz CT molecular complexity index is 1060. The number of benzene rings is 2. The minimum Gasteiger partial charge on any atom is -0.373 e.